The summed E-state index contributed by atoms with van der Waals surface area (Å²) in [6, 6.07) is 13.5. The Balaban J connectivity index is 1.82. The first kappa shape index (κ1) is 19.4. The van der Waals surface area contributed by atoms with Crippen LogP contribution in [0.4, 0.5) is 4.39 Å². The van der Waals surface area contributed by atoms with Gasteiger partial charge in [-0.25, -0.2) is 9.18 Å². The quantitative estimate of drug-likeness (QED) is 0.604. The van der Waals surface area contributed by atoms with Crippen LogP contribution in [0.2, 0.25) is 0 Å². The van der Waals surface area contributed by atoms with Crippen molar-refractivity contribution in [2.45, 2.75) is 26.3 Å². The normalized spacial score (nSPS) is 12.0. The highest BCUT2D eigenvalue weighted by molar-refractivity contribution is 5.89. The maximum atomic E-state index is 12.8. The van der Waals surface area contributed by atoms with Gasteiger partial charge in [0.2, 0.25) is 0 Å². The van der Waals surface area contributed by atoms with Gasteiger partial charge < -0.3 is 10.1 Å². The van der Waals surface area contributed by atoms with Crippen LogP contribution >= 0.6 is 0 Å². The average Bonchev–Trinajstić information content (AvgIpc) is 2.65. The molecular formula is C21H22FNO3. The Morgan fingerprint density at radius 2 is 1.77 bits per heavy atom. The van der Waals surface area contributed by atoms with Crippen molar-refractivity contribution in [2.24, 2.45) is 0 Å². The molecule has 0 saturated heterocycles. The molecule has 0 fully saturated rings. The first-order valence-electron chi connectivity index (χ1n) is 8.44. The van der Waals surface area contributed by atoms with Gasteiger partial charge in [0.05, 0.1) is 6.04 Å². The number of carbonyl (C=O) groups is 2. The van der Waals surface area contributed by atoms with E-state index in [4.69, 9.17) is 4.74 Å². The summed E-state index contributed by atoms with van der Waals surface area (Å²) in [7, 11) is 0. The lowest BCUT2D eigenvalue weighted by Crippen LogP contribution is -2.32. The van der Waals surface area contributed by atoms with Gasteiger partial charge in [-0.2, -0.15) is 0 Å². The molecule has 0 aliphatic rings. The molecule has 0 aliphatic heterocycles. The Morgan fingerprint density at radius 1 is 1.12 bits per heavy atom. The smallest absolute Gasteiger partial charge is 0.331 e. The van der Waals surface area contributed by atoms with Crippen molar-refractivity contribution >= 4 is 18.0 Å². The lowest BCUT2D eigenvalue weighted by atomic mass is 10.0. The Bertz CT molecular complexity index is 767. The van der Waals surface area contributed by atoms with Gasteiger partial charge in [-0.15, -0.1) is 0 Å². The number of nitrogens with one attached hydrogen (secondary N) is 1. The molecule has 0 aromatic heterocycles. The molecule has 0 saturated carbocycles. The molecular weight excluding hydrogens is 333 g/mol. The fraction of sp³-hybridized carbons (Fsp3) is 0.238. The van der Waals surface area contributed by atoms with Crippen LogP contribution in [0.5, 0.6) is 0 Å². The first-order chi connectivity index (χ1) is 12.5. The van der Waals surface area contributed by atoms with Gasteiger partial charge >= 0.3 is 5.97 Å². The Labute approximate surface area is 152 Å². The van der Waals surface area contributed by atoms with Crippen LogP contribution in [0.15, 0.2) is 54.6 Å². The van der Waals surface area contributed by atoms with E-state index >= 15 is 0 Å². The van der Waals surface area contributed by atoms with Gasteiger partial charge in [-0.3, -0.25) is 4.79 Å². The number of hydrogen-bond acceptors (Lipinski definition) is 3. The molecule has 0 heterocycles. The first-order valence-corrected chi connectivity index (χ1v) is 8.44. The number of ether oxygens (including phenoxy) is 1. The highest BCUT2D eigenvalue weighted by Gasteiger charge is 2.13. The molecule has 26 heavy (non-hydrogen) atoms. The van der Waals surface area contributed by atoms with Crippen LogP contribution in [0, 0.1) is 12.7 Å². The van der Waals surface area contributed by atoms with E-state index in [1.807, 2.05) is 38.1 Å². The third-order valence-electron chi connectivity index (χ3n) is 3.85. The van der Waals surface area contributed by atoms with Gasteiger partial charge in [0.15, 0.2) is 6.61 Å². The summed E-state index contributed by atoms with van der Waals surface area (Å²) in [5, 5.41) is 2.86. The molecule has 1 N–H and O–H groups in total. The number of halogens is 1. The zero-order valence-electron chi connectivity index (χ0n) is 14.9. The van der Waals surface area contributed by atoms with E-state index < -0.39 is 5.97 Å². The minimum absolute atomic E-state index is 0.128. The van der Waals surface area contributed by atoms with Crippen LogP contribution in [0.1, 0.15) is 36.1 Å². The van der Waals surface area contributed by atoms with E-state index in [9.17, 15) is 14.0 Å². The van der Waals surface area contributed by atoms with Crippen molar-refractivity contribution in [3.8, 4) is 0 Å². The maximum absolute atomic E-state index is 12.8. The number of aryl methyl sites for hydroxylation is 1. The van der Waals surface area contributed by atoms with Gasteiger partial charge in [0.1, 0.15) is 5.82 Å². The van der Waals surface area contributed by atoms with E-state index in [0.717, 1.165) is 17.5 Å². The molecule has 0 aliphatic carbocycles. The van der Waals surface area contributed by atoms with Crippen molar-refractivity contribution in [3.05, 3.63) is 77.1 Å². The van der Waals surface area contributed by atoms with Crippen LogP contribution in [0.25, 0.3) is 6.08 Å². The molecule has 2 rings (SSSR count). The SMILES string of the molecule is CC[C@H](NC(=O)COC(=O)/C=C/c1ccc(F)cc1)c1ccc(C)cc1. The number of esters is 1. The molecule has 0 radical (unpaired) electrons. The van der Waals surface area contributed by atoms with Crippen molar-refractivity contribution in [1.82, 2.24) is 5.32 Å². The van der Waals surface area contributed by atoms with E-state index in [0.29, 0.717) is 5.56 Å². The summed E-state index contributed by atoms with van der Waals surface area (Å²) in [6.45, 7) is 3.62. The number of hydrogen-bond donors (Lipinski definition) is 1. The minimum atomic E-state index is -0.632. The van der Waals surface area contributed by atoms with Gasteiger partial charge in [-0.05, 0) is 42.7 Å². The van der Waals surface area contributed by atoms with Crippen molar-refractivity contribution in [1.29, 1.82) is 0 Å². The number of carbonyl (C=O) groups excluding carboxylic acids is 2. The molecule has 5 heteroatoms. The molecule has 0 bridgehead atoms. The predicted molar refractivity (Wildman–Crippen MR) is 98.7 cm³/mol. The second-order valence-corrected chi connectivity index (χ2v) is 5.93. The van der Waals surface area contributed by atoms with Crippen molar-refractivity contribution < 1.29 is 18.7 Å². The van der Waals surface area contributed by atoms with Crippen LogP contribution in [0.3, 0.4) is 0 Å². The van der Waals surface area contributed by atoms with E-state index in [1.165, 1.54) is 24.3 Å². The highest BCUT2D eigenvalue weighted by atomic mass is 19.1. The van der Waals surface area contributed by atoms with E-state index in [1.54, 1.807) is 12.1 Å². The largest absolute Gasteiger partial charge is 0.452 e. The Kier molecular flexibility index (Phi) is 7.09. The molecule has 136 valence electrons. The summed E-state index contributed by atoms with van der Waals surface area (Å²) in [6.07, 6.45) is 3.44. The lowest BCUT2D eigenvalue weighted by molar-refractivity contribution is -0.144. The Morgan fingerprint density at radius 3 is 2.38 bits per heavy atom. The number of rotatable bonds is 7. The van der Waals surface area contributed by atoms with Crippen molar-refractivity contribution in [3.63, 3.8) is 0 Å². The molecule has 1 amide bonds. The van der Waals surface area contributed by atoms with E-state index in [2.05, 4.69) is 5.32 Å². The summed E-state index contributed by atoms with van der Waals surface area (Å²) >= 11 is 0. The van der Waals surface area contributed by atoms with Gasteiger partial charge in [0, 0.05) is 6.08 Å². The van der Waals surface area contributed by atoms with Gasteiger partial charge in [0.25, 0.3) is 5.91 Å². The zero-order chi connectivity index (χ0) is 18.9. The molecule has 4 nitrogen and oxygen atoms in total. The zero-order valence-corrected chi connectivity index (χ0v) is 14.9. The van der Waals surface area contributed by atoms with Crippen LogP contribution in [-0.2, 0) is 14.3 Å². The second-order valence-electron chi connectivity index (χ2n) is 5.93. The highest BCUT2D eigenvalue weighted by Crippen LogP contribution is 2.17. The summed E-state index contributed by atoms with van der Waals surface area (Å²) in [5.74, 6) is -1.34. The average molecular weight is 355 g/mol. The lowest BCUT2D eigenvalue weighted by Gasteiger charge is -2.17. The third kappa shape index (κ3) is 6.16. The molecule has 2 aromatic carbocycles. The standard InChI is InChI=1S/C21H22FNO3/c1-3-19(17-9-4-15(2)5-10-17)23-20(24)14-26-21(25)13-8-16-6-11-18(22)12-7-16/h4-13,19H,3,14H2,1-2H3,(H,23,24)/b13-8+/t19-/m0/s1. The predicted octanol–water partition coefficient (Wildman–Crippen LogP) is 3.96. The number of benzene rings is 2. The van der Waals surface area contributed by atoms with E-state index in [-0.39, 0.29) is 24.4 Å². The molecule has 0 unspecified atom stereocenters. The van der Waals surface area contributed by atoms with Gasteiger partial charge in [-0.1, -0.05) is 48.9 Å². The fourth-order valence-corrected chi connectivity index (χ4v) is 2.38. The topological polar surface area (TPSA) is 55.4 Å². The minimum Gasteiger partial charge on any atom is -0.452 e. The molecule has 1 atom stereocenters. The molecule has 2 aromatic rings. The molecule has 0 spiro atoms. The summed E-state index contributed by atoms with van der Waals surface area (Å²) < 4.78 is 17.7. The fourth-order valence-electron chi connectivity index (χ4n) is 2.38. The number of amides is 1. The second kappa shape index (κ2) is 9.51. The Hall–Kier alpha value is -2.95. The summed E-state index contributed by atoms with van der Waals surface area (Å²) in [4.78, 5) is 23.7. The van der Waals surface area contributed by atoms with Crippen molar-refractivity contribution in [2.75, 3.05) is 6.61 Å². The third-order valence-corrected chi connectivity index (χ3v) is 3.85. The van der Waals surface area contributed by atoms with Crippen LogP contribution in [-0.4, -0.2) is 18.5 Å². The monoisotopic (exact) mass is 355 g/mol. The maximum Gasteiger partial charge on any atom is 0.331 e. The summed E-state index contributed by atoms with van der Waals surface area (Å²) in [5.41, 5.74) is 2.82. The van der Waals surface area contributed by atoms with Crippen LogP contribution < -0.4 is 5.32 Å².